The molecule has 0 heterocycles. The van der Waals surface area contributed by atoms with Crippen molar-refractivity contribution in [3.8, 4) is 0 Å². The fraction of sp³-hybridized carbons (Fsp3) is 0.250. The van der Waals surface area contributed by atoms with Gasteiger partial charge in [-0.25, -0.2) is 8.42 Å². The van der Waals surface area contributed by atoms with Gasteiger partial charge in [-0.1, -0.05) is 6.08 Å². The summed E-state index contributed by atoms with van der Waals surface area (Å²) in [6.45, 7) is 5.27. The van der Waals surface area contributed by atoms with Gasteiger partial charge in [-0.05, 0) is 48.2 Å². The van der Waals surface area contributed by atoms with Crippen molar-refractivity contribution in [3.63, 3.8) is 0 Å². The summed E-state index contributed by atoms with van der Waals surface area (Å²) in [6.07, 6.45) is 3.11. The van der Waals surface area contributed by atoms with Gasteiger partial charge in [-0.2, -0.15) is 0 Å². The summed E-state index contributed by atoms with van der Waals surface area (Å²) < 4.78 is 23.2. The maximum Gasteiger partial charge on any atom is 0.252 e. The van der Waals surface area contributed by atoms with E-state index in [-0.39, 0.29) is 4.90 Å². The zero-order valence-electron chi connectivity index (χ0n) is 9.66. The van der Waals surface area contributed by atoms with Crippen LogP contribution in [0.15, 0.2) is 29.7 Å². The quantitative estimate of drug-likeness (QED) is 0.625. The number of benzene rings is 1. The molecule has 0 saturated heterocycles. The first-order valence-corrected chi connectivity index (χ1v) is 7.19. The molecule has 1 rings (SSSR count). The Kier molecular flexibility index (Phi) is 4.11. The van der Waals surface area contributed by atoms with Crippen LogP contribution in [0.3, 0.4) is 0 Å². The van der Waals surface area contributed by atoms with Gasteiger partial charge in [-0.15, -0.1) is 6.58 Å². The largest absolute Gasteiger partial charge is 0.276 e. The molecule has 0 spiro atoms. The van der Waals surface area contributed by atoms with Crippen LogP contribution in [-0.4, -0.2) is 19.9 Å². The van der Waals surface area contributed by atoms with Gasteiger partial charge in [0.2, 0.25) is 0 Å². The summed E-state index contributed by atoms with van der Waals surface area (Å²) in [5, 5.41) is -0.590. The van der Waals surface area contributed by atoms with Gasteiger partial charge in [-0.3, -0.25) is 4.79 Å². The van der Waals surface area contributed by atoms with E-state index in [0.29, 0.717) is 23.1 Å². The molecule has 5 heteroatoms. The van der Waals surface area contributed by atoms with Crippen molar-refractivity contribution in [2.45, 2.75) is 18.2 Å². The highest BCUT2D eigenvalue weighted by Gasteiger charge is 2.18. The van der Waals surface area contributed by atoms with Gasteiger partial charge in [0.05, 0.1) is 4.90 Å². The van der Waals surface area contributed by atoms with E-state index in [1.165, 1.54) is 12.1 Å². The van der Waals surface area contributed by atoms with Crippen molar-refractivity contribution in [1.82, 2.24) is 0 Å². The minimum Gasteiger partial charge on any atom is -0.276 e. The molecule has 0 saturated carbocycles. The van der Waals surface area contributed by atoms with Crippen LogP contribution < -0.4 is 0 Å². The van der Waals surface area contributed by atoms with Gasteiger partial charge in [0.15, 0.2) is 9.84 Å². The molecule has 1 aromatic rings. The van der Waals surface area contributed by atoms with Crippen molar-refractivity contribution in [3.05, 3.63) is 41.5 Å². The standard InChI is InChI=1S/C12H13ClO3S/c1-4-5-9-8(2)10(12(13)14)6-7-11(9)17(3,15)16/h4,6-7H,1,5H2,2-3H3. The molecular weight excluding hydrogens is 260 g/mol. The number of halogens is 1. The van der Waals surface area contributed by atoms with Crippen molar-refractivity contribution in [1.29, 1.82) is 0 Å². The third-order valence-corrected chi connectivity index (χ3v) is 3.90. The molecule has 0 unspecified atom stereocenters. The van der Waals surface area contributed by atoms with Gasteiger partial charge < -0.3 is 0 Å². The summed E-state index contributed by atoms with van der Waals surface area (Å²) in [5.74, 6) is 0. The highest BCUT2D eigenvalue weighted by molar-refractivity contribution is 7.90. The van der Waals surface area contributed by atoms with Gasteiger partial charge in [0, 0.05) is 11.8 Å². The summed E-state index contributed by atoms with van der Waals surface area (Å²) in [4.78, 5) is 11.4. The molecule has 0 aliphatic heterocycles. The monoisotopic (exact) mass is 272 g/mol. The van der Waals surface area contributed by atoms with E-state index in [1.807, 2.05) is 0 Å². The molecule has 0 radical (unpaired) electrons. The Morgan fingerprint density at radius 1 is 1.47 bits per heavy atom. The Labute approximate surface area is 106 Å². The average molecular weight is 273 g/mol. The number of carbonyl (C=O) groups excluding carboxylic acids is 1. The maximum atomic E-state index is 11.6. The molecule has 92 valence electrons. The normalized spacial score (nSPS) is 11.2. The smallest absolute Gasteiger partial charge is 0.252 e. The Balaban J connectivity index is 3.61. The molecule has 0 aromatic heterocycles. The topological polar surface area (TPSA) is 51.2 Å². The molecule has 0 aliphatic rings. The molecule has 17 heavy (non-hydrogen) atoms. The van der Waals surface area contributed by atoms with Crippen molar-refractivity contribution in [2.24, 2.45) is 0 Å². The zero-order chi connectivity index (χ0) is 13.2. The average Bonchev–Trinajstić information content (AvgIpc) is 2.18. The first kappa shape index (κ1) is 13.9. The van der Waals surface area contributed by atoms with Gasteiger partial charge >= 0.3 is 0 Å². The van der Waals surface area contributed by atoms with E-state index in [1.54, 1.807) is 13.0 Å². The van der Waals surface area contributed by atoms with Crippen LogP contribution in [0.25, 0.3) is 0 Å². The fourth-order valence-electron chi connectivity index (χ4n) is 1.69. The van der Waals surface area contributed by atoms with Crippen molar-refractivity contribution in [2.75, 3.05) is 6.26 Å². The highest BCUT2D eigenvalue weighted by atomic mass is 35.5. The number of sulfone groups is 1. The van der Waals surface area contributed by atoms with Crippen molar-refractivity contribution >= 4 is 26.7 Å². The van der Waals surface area contributed by atoms with Crippen LogP contribution in [-0.2, 0) is 16.3 Å². The Morgan fingerprint density at radius 2 is 2.06 bits per heavy atom. The lowest BCUT2D eigenvalue weighted by Crippen LogP contribution is -2.07. The third kappa shape index (κ3) is 2.96. The first-order chi connectivity index (χ1) is 7.79. The zero-order valence-corrected chi connectivity index (χ0v) is 11.2. The molecule has 3 nitrogen and oxygen atoms in total. The Bertz CT molecular complexity index is 574. The van der Waals surface area contributed by atoms with Gasteiger partial charge in [0.25, 0.3) is 5.24 Å². The van der Waals surface area contributed by atoms with E-state index < -0.39 is 15.1 Å². The molecule has 0 atom stereocenters. The van der Waals surface area contributed by atoms with Crippen LogP contribution in [0.4, 0.5) is 0 Å². The van der Waals surface area contributed by atoms with Crippen LogP contribution in [0.2, 0.25) is 0 Å². The van der Waals surface area contributed by atoms with Crippen molar-refractivity contribution < 1.29 is 13.2 Å². The second-order valence-corrected chi connectivity index (χ2v) is 6.08. The Morgan fingerprint density at radius 3 is 2.47 bits per heavy atom. The molecule has 0 N–H and O–H groups in total. The number of allylic oxidation sites excluding steroid dienone is 1. The second-order valence-electron chi connectivity index (χ2n) is 3.75. The SMILES string of the molecule is C=CCc1c(S(C)(=O)=O)ccc(C(=O)Cl)c1C. The van der Waals surface area contributed by atoms with Crippen LogP contribution >= 0.6 is 11.6 Å². The van der Waals surface area contributed by atoms with Crippen LogP contribution in [0.5, 0.6) is 0 Å². The first-order valence-electron chi connectivity index (χ1n) is 4.92. The molecule has 0 aliphatic carbocycles. The number of hydrogen-bond donors (Lipinski definition) is 0. The minimum absolute atomic E-state index is 0.219. The lowest BCUT2D eigenvalue weighted by atomic mass is 10.0. The van der Waals surface area contributed by atoms with Crippen LogP contribution in [0.1, 0.15) is 21.5 Å². The summed E-state index contributed by atoms with van der Waals surface area (Å²) in [5.41, 5.74) is 1.50. The summed E-state index contributed by atoms with van der Waals surface area (Å²) >= 11 is 5.43. The number of hydrogen-bond acceptors (Lipinski definition) is 3. The van der Waals surface area contributed by atoms with E-state index in [2.05, 4.69) is 6.58 Å². The van der Waals surface area contributed by atoms with E-state index in [9.17, 15) is 13.2 Å². The predicted octanol–water partition coefficient (Wildman–Crippen LogP) is 2.51. The van der Waals surface area contributed by atoms with Crippen LogP contribution in [0, 0.1) is 6.92 Å². The van der Waals surface area contributed by atoms with Gasteiger partial charge in [0.1, 0.15) is 0 Å². The molecule has 0 fully saturated rings. The highest BCUT2D eigenvalue weighted by Crippen LogP contribution is 2.24. The van der Waals surface area contributed by atoms with E-state index in [0.717, 1.165) is 6.26 Å². The Hall–Kier alpha value is -1.13. The summed E-state index contributed by atoms with van der Waals surface area (Å²) in [6, 6.07) is 2.85. The lowest BCUT2D eigenvalue weighted by molar-refractivity contribution is 0.108. The predicted molar refractivity (Wildman–Crippen MR) is 68.4 cm³/mol. The summed E-state index contributed by atoms with van der Waals surface area (Å²) in [7, 11) is -3.32. The molecular formula is C12H13ClO3S. The number of rotatable bonds is 4. The lowest BCUT2D eigenvalue weighted by Gasteiger charge is -2.12. The molecule has 0 amide bonds. The fourth-order valence-corrected chi connectivity index (χ4v) is 2.89. The third-order valence-electron chi connectivity index (χ3n) is 2.52. The molecule has 1 aromatic carbocycles. The van der Waals surface area contributed by atoms with E-state index >= 15 is 0 Å². The second kappa shape index (κ2) is 5.02. The van der Waals surface area contributed by atoms with E-state index in [4.69, 9.17) is 11.6 Å². The minimum atomic E-state index is -3.32. The molecule has 0 bridgehead atoms. The maximum absolute atomic E-state index is 11.6. The number of carbonyl (C=O) groups is 1.